The van der Waals surface area contributed by atoms with Gasteiger partial charge in [-0.15, -0.1) is 0 Å². The fourth-order valence-corrected chi connectivity index (χ4v) is 1.44. The average Bonchev–Trinajstić information content (AvgIpc) is 2.34. The molecule has 1 aromatic heterocycles. The van der Waals surface area contributed by atoms with E-state index in [0.717, 1.165) is 38.8 Å². The van der Waals surface area contributed by atoms with Gasteiger partial charge in [0, 0.05) is 12.6 Å². The van der Waals surface area contributed by atoms with Gasteiger partial charge >= 0.3 is 0 Å². The first kappa shape index (κ1) is 13.4. The van der Waals surface area contributed by atoms with Crippen LogP contribution in [0.25, 0.3) is 0 Å². The molecule has 0 bridgehead atoms. The summed E-state index contributed by atoms with van der Waals surface area (Å²) in [5.41, 5.74) is 5.40. The Morgan fingerprint density at radius 3 is 2.65 bits per heavy atom. The molecule has 3 N–H and O–H groups in total. The first-order valence-electron chi connectivity index (χ1n) is 5.78. The lowest BCUT2D eigenvalue weighted by Crippen LogP contribution is -2.04. The molecule has 0 saturated heterocycles. The van der Waals surface area contributed by atoms with Crippen LogP contribution in [-0.2, 0) is 0 Å². The summed E-state index contributed by atoms with van der Waals surface area (Å²) in [6.07, 6.45) is 5.66. The van der Waals surface area contributed by atoms with Crippen LogP contribution in [0, 0.1) is 10.1 Å². The van der Waals surface area contributed by atoms with Crippen molar-refractivity contribution in [1.29, 1.82) is 0 Å². The molecular weight excluding hydrogens is 220 g/mol. The maximum absolute atomic E-state index is 10.4. The first-order chi connectivity index (χ1) is 8.24. The summed E-state index contributed by atoms with van der Waals surface area (Å²) < 4.78 is 0. The predicted octanol–water partition coefficient (Wildman–Crippen LogP) is 1.92. The Bertz CT molecular complexity index is 340. The van der Waals surface area contributed by atoms with Gasteiger partial charge in [0.05, 0.1) is 4.92 Å². The number of anilines is 1. The van der Waals surface area contributed by atoms with Crippen LogP contribution in [0.2, 0.25) is 0 Å². The van der Waals surface area contributed by atoms with Gasteiger partial charge in [-0.1, -0.05) is 12.8 Å². The van der Waals surface area contributed by atoms with E-state index in [1.165, 1.54) is 12.3 Å². The molecule has 6 heteroatoms. The fraction of sp³-hybridized carbons (Fsp3) is 0.545. The number of unbranched alkanes of at least 4 members (excludes halogenated alkanes) is 3. The lowest BCUT2D eigenvalue weighted by Gasteiger charge is -2.04. The Balaban J connectivity index is 2.21. The molecule has 17 heavy (non-hydrogen) atoms. The summed E-state index contributed by atoms with van der Waals surface area (Å²) in [6.45, 7) is 1.58. The zero-order chi connectivity index (χ0) is 12.5. The lowest BCUT2D eigenvalue weighted by molar-refractivity contribution is -0.385. The van der Waals surface area contributed by atoms with E-state index in [4.69, 9.17) is 5.73 Å². The summed E-state index contributed by atoms with van der Waals surface area (Å²) in [5, 5.41) is 13.5. The number of rotatable bonds is 8. The number of nitrogens with one attached hydrogen (secondary N) is 1. The number of nitro groups is 1. The van der Waals surface area contributed by atoms with Crippen LogP contribution in [0.4, 0.5) is 11.5 Å². The van der Waals surface area contributed by atoms with Crippen LogP contribution in [0.3, 0.4) is 0 Å². The molecular formula is C11H18N4O2. The second-order valence-electron chi connectivity index (χ2n) is 3.79. The van der Waals surface area contributed by atoms with Crippen molar-refractivity contribution in [3.05, 3.63) is 28.4 Å². The molecule has 1 heterocycles. The van der Waals surface area contributed by atoms with Crippen molar-refractivity contribution in [2.75, 3.05) is 18.4 Å². The Morgan fingerprint density at radius 1 is 1.29 bits per heavy atom. The van der Waals surface area contributed by atoms with Crippen molar-refractivity contribution in [3.63, 3.8) is 0 Å². The monoisotopic (exact) mass is 238 g/mol. The standard InChI is InChI=1S/C11H18N4O2/c12-7-3-1-2-4-8-13-11-6-5-10(9-14-11)15(16)17/h5-6,9H,1-4,7-8,12H2,(H,13,14). The van der Waals surface area contributed by atoms with E-state index in [1.54, 1.807) is 6.07 Å². The van der Waals surface area contributed by atoms with Crippen molar-refractivity contribution in [2.24, 2.45) is 5.73 Å². The third-order valence-electron chi connectivity index (χ3n) is 2.40. The highest BCUT2D eigenvalue weighted by Crippen LogP contribution is 2.11. The second kappa shape index (κ2) is 7.56. The molecule has 1 rings (SSSR count). The number of nitrogens with zero attached hydrogens (tertiary/aromatic N) is 2. The number of aromatic nitrogens is 1. The molecule has 0 aliphatic heterocycles. The maximum Gasteiger partial charge on any atom is 0.287 e. The zero-order valence-electron chi connectivity index (χ0n) is 9.76. The van der Waals surface area contributed by atoms with Crippen LogP contribution >= 0.6 is 0 Å². The minimum Gasteiger partial charge on any atom is -0.370 e. The molecule has 0 aromatic carbocycles. The van der Waals surface area contributed by atoms with E-state index in [-0.39, 0.29) is 5.69 Å². The molecule has 0 unspecified atom stereocenters. The molecule has 6 nitrogen and oxygen atoms in total. The highest BCUT2D eigenvalue weighted by molar-refractivity contribution is 5.39. The van der Waals surface area contributed by atoms with Gasteiger partial charge in [-0.3, -0.25) is 10.1 Å². The van der Waals surface area contributed by atoms with Crippen molar-refractivity contribution < 1.29 is 4.92 Å². The fourth-order valence-electron chi connectivity index (χ4n) is 1.44. The molecule has 0 radical (unpaired) electrons. The van der Waals surface area contributed by atoms with E-state index in [2.05, 4.69) is 10.3 Å². The molecule has 94 valence electrons. The van der Waals surface area contributed by atoms with Crippen molar-refractivity contribution in [2.45, 2.75) is 25.7 Å². The molecule has 0 fully saturated rings. The smallest absolute Gasteiger partial charge is 0.287 e. The van der Waals surface area contributed by atoms with Crippen LogP contribution in [0.1, 0.15) is 25.7 Å². The number of hydrogen-bond donors (Lipinski definition) is 2. The summed E-state index contributed by atoms with van der Waals surface area (Å²) in [7, 11) is 0. The SMILES string of the molecule is NCCCCCCNc1ccc([N+](=O)[O-])cn1. The van der Waals surface area contributed by atoms with E-state index in [9.17, 15) is 10.1 Å². The normalized spacial score (nSPS) is 10.2. The van der Waals surface area contributed by atoms with Crippen LogP contribution in [-0.4, -0.2) is 23.0 Å². The molecule has 0 atom stereocenters. The summed E-state index contributed by atoms with van der Waals surface area (Å²) >= 11 is 0. The Morgan fingerprint density at radius 2 is 2.06 bits per heavy atom. The number of nitrogens with two attached hydrogens (primary N) is 1. The van der Waals surface area contributed by atoms with Gasteiger partial charge in [-0.05, 0) is 25.5 Å². The van der Waals surface area contributed by atoms with Gasteiger partial charge in [-0.2, -0.15) is 0 Å². The zero-order valence-corrected chi connectivity index (χ0v) is 9.76. The average molecular weight is 238 g/mol. The number of hydrogen-bond acceptors (Lipinski definition) is 5. The molecule has 0 spiro atoms. The lowest BCUT2D eigenvalue weighted by atomic mass is 10.2. The van der Waals surface area contributed by atoms with Crippen LogP contribution in [0.5, 0.6) is 0 Å². The molecule has 0 saturated carbocycles. The summed E-state index contributed by atoms with van der Waals surface area (Å²) in [5.74, 6) is 0.675. The van der Waals surface area contributed by atoms with Crippen molar-refractivity contribution >= 4 is 11.5 Å². The molecule has 1 aromatic rings. The quantitative estimate of drug-likeness (QED) is 0.410. The van der Waals surface area contributed by atoms with Gasteiger partial charge in [0.2, 0.25) is 0 Å². The van der Waals surface area contributed by atoms with Crippen molar-refractivity contribution in [3.8, 4) is 0 Å². The molecule has 0 aliphatic carbocycles. The van der Waals surface area contributed by atoms with Crippen molar-refractivity contribution in [1.82, 2.24) is 4.98 Å². The molecule has 0 aliphatic rings. The minimum atomic E-state index is -0.455. The third kappa shape index (κ3) is 5.26. The molecule has 0 amide bonds. The van der Waals surface area contributed by atoms with E-state index in [1.807, 2.05) is 0 Å². The van der Waals surface area contributed by atoms with Gasteiger partial charge in [-0.25, -0.2) is 4.98 Å². The van der Waals surface area contributed by atoms with E-state index in [0.29, 0.717) is 5.82 Å². The highest BCUT2D eigenvalue weighted by atomic mass is 16.6. The van der Waals surface area contributed by atoms with Gasteiger partial charge in [0.15, 0.2) is 0 Å². The Kier molecular flexibility index (Phi) is 5.95. The highest BCUT2D eigenvalue weighted by Gasteiger charge is 2.04. The minimum absolute atomic E-state index is 0.0125. The summed E-state index contributed by atoms with van der Waals surface area (Å²) in [4.78, 5) is 13.9. The van der Waals surface area contributed by atoms with Crippen LogP contribution in [0.15, 0.2) is 18.3 Å². The second-order valence-corrected chi connectivity index (χ2v) is 3.79. The first-order valence-corrected chi connectivity index (χ1v) is 5.78. The van der Waals surface area contributed by atoms with Gasteiger partial charge in [0.1, 0.15) is 12.0 Å². The van der Waals surface area contributed by atoms with Gasteiger partial charge < -0.3 is 11.1 Å². The van der Waals surface area contributed by atoms with Gasteiger partial charge in [0.25, 0.3) is 5.69 Å². The maximum atomic E-state index is 10.4. The largest absolute Gasteiger partial charge is 0.370 e. The van der Waals surface area contributed by atoms with E-state index < -0.39 is 4.92 Å². The Hall–Kier alpha value is -1.69. The predicted molar refractivity (Wildman–Crippen MR) is 66.9 cm³/mol. The third-order valence-corrected chi connectivity index (χ3v) is 2.40. The topological polar surface area (TPSA) is 94.1 Å². The van der Waals surface area contributed by atoms with Crippen LogP contribution < -0.4 is 11.1 Å². The summed E-state index contributed by atoms with van der Waals surface area (Å²) in [6, 6.07) is 3.07. The Labute approximate surface area is 100 Å². The van der Waals surface area contributed by atoms with E-state index >= 15 is 0 Å². The number of pyridine rings is 1.